The summed E-state index contributed by atoms with van der Waals surface area (Å²) in [5.74, 6) is 2.88. The van der Waals surface area contributed by atoms with Crippen LogP contribution in [0.5, 0.6) is 0 Å². The Labute approximate surface area is 99.9 Å². The molecule has 0 saturated carbocycles. The number of fused-ring (bicyclic) bond motifs is 1. The molecule has 2 N–H and O–H groups in total. The highest BCUT2D eigenvalue weighted by Crippen LogP contribution is 2.28. The highest BCUT2D eigenvalue weighted by atomic mass is 16.3. The fourth-order valence-electron chi connectivity index (χ4n) is 2.26. The molecule has 4 nitrogen and oxygen atoms in total. The van der Waals surface area contributed by atoms with Crippen LogP contribution in [0.25, 0.3) is 11.6 Å². The van der Waals surface area contributed by atoms with E-state index in [1.54, 1.807) is 0 Å². The summed E-state index contributed by atoms with van der Waals surface area (Å²) >= 11 is 0. The SMILES string of the molecule is CCc1ccc(-c2nc(N)c3c(n2)CCC3)o1. The summed E-state index contributed by atoms with van der Waals surface area (Å²) < 4.78 is 5.65. The number of aromatic nitrogens is 2. The lowest BCUT2D eigenvalue weighted by atomic mass is 10.2. The fourth-order valence-corrected chi connectivity index (χ4v) is 2.26. The number of furan rings is 1. The van der Waals surface area contributed by atoms with Crippen LogP contribution >= 0.6 is 0 Å². The van der Waals surface area contributed by atoms with E-state index in [1.807, 2.05) is 12.1 Å². The Kier molecular flexibility index (Phi) is 2.35. The molecule has 88 valence electrons. The van der Waals surface area contributed by atoms with Crippen LogP contribution in [-0.4, -0.2) is 9.97 Å². The standard InChI is InChI=1S/C13H15N3O/c1-2-8-6-7-11(17-8)13-15-10-5-3-4-9(10)12(14)16-13/h6-7H,2-5H2,1H3,(H2,14,15,16). The van der Waals surface area contributed by atoms with E-state index in [4.69, 9.17) is 10.2 Å². The van der Waals surface area contributed by atoms with E-state index in [0.717, 1.165) is 42.7 Å². The number of hydrogen-bond donors (Lipinski definition) is 1. The molecule has 0 aromatic carbocycles. The first-order chi connectivity index (χ1) is 8.28. The van der Waals surface area contributed by atoms with E-state index >= 15 is 0 Å². The fraction of sp³-hybridized carbons (Fsp3) is 0.385. The van der Waals surface area contributed by atoms with Gasteiger partial charge in [-0.2, -0.15) is 0 Å². The van der Waals surface area contributed by atoms with Crippen LogP contribution in [-0.2, 0) is 19.3 Å². The zero-order valence-electron chi connectivity index (χ0n) is 9.86. The van der Waals surface area contributed by atoms with E-state index in [9.17, 15) is 0 Å². The van der Waals surface area contributed by atoms with Gasteiger partial charge in [-0.15, -0.1) is 0 Å². The maximum Gasteiger partial charge on any atom is 0.197 e. The Balaban J connectivity index is 2.06. The Morgan fingerprint density at radius 2 is 2.18 bits per heavy atom. The summed E-state index contributed by atoms with van der Waals surface area (Å²) in [4.78, 5) is 8.88. The largest absolute Gasteiger partial charge is 0.458 e. The lowest BCUT2D eigenvalue weighted by molar-refractivity contribution is 0.525. The molecular weight excluding hydrogens is 214 g/mol. The molecule has 0 atom stereocenters. The van der Waals surface area contributed by atoms with Crippen molar-refractivity contribution in [3.8, 4) is 11.6 Å². The molecule has 4 heteroatoms. The molecule has 2 aromatic heterocycles. The van der Waals surface area contributed by atoms with Crippen LogP contribution in [0.15, 0.2) is 16.5 Å². The van der Waals surface area contributed by atoms with Crippen LogP contribution < -0.4 is 5.73 Å². The van der Waals surface area contributed by atoms with Crippen molar-refractivity contribution in [1.29, 1.82) is 0 Å². The average Bonchev–Trinajstić information content (AvgIpc) is 2.97. The van der Waals surface area contributed by atoms with Gasteiger partial charge in [0.2, 0.25) is 0 Å². The van der Waals surface area contributed by atoms with Gasteiger partial charge in [-0.3, -0.25) is 0 Å². The highest BCUT2D eigenvalue weighted by Gasteiger charge is 2.19. The second kappa shape index (κ2) is 3.87. The van der Waals surface area contributed by atoms with Crippen molar-refractivity contribution in [2.75, 3.05) is 5.73 Å². The number of nitrogen functional groups attached to an aromatic ring is 1. The molecule has 0 amide bonds. The lowest BCUT2D eigenvalue weighted by Crippen LogP contribution is -2.02. The topological polar surface area (TPSA) is 64.9 Å². The quantitative estimate of drug-likeness (QED) is 0.858. The van der Waals surface area contributed by atoms with E-state index < -0.39 is 0 Å². The number of nitrogens with two attached hydrogens (primary N) is 1. The number of aryl methyl sites for hydroxylation is 2. The number of hydrogen-bond acceptors (Lipinski definition) is 4. The summed E-state index contributed by atoms with van der Waals surface area (Å²) in [6.45, 7) is 2.06. The summed E-state index contributed by atoms with van der Waals surface area (Å²) in [5.41, 5.74) is 8.16. The van der Waals surface area contributed by atoms with Crippen LogP contribution in [0.4, 0.5) is 5.82 Å². The van der Waals surface area contributed by atoms with E-state index in [0.29, 0.717) is 17.4 Å². The van der Waals surface area contributed by atoms with Crippen LogP contribution in [0.2, 0.25) is 0 Å². The highest BCUT2D eigenvalue weighted by molar-refractivity contribution is 5.55. The summed E-state index contributed by atoms with van der Waals surface area (Å²) in [6, 6.07) is 3.87. The predicted octanol–water partition coefficient (Wildman–Crippen LogP) is 2.37. The summed E-state index contributed by atoms with van der Waals surface area (Å²) in [6.07, 6.45) is 3.99. The zero-order valence-corrected chi connectivity index (χ0v) is 9.86. The van der Waals surface area contributed by atoms with Gasteiger partial charge < -0.3 is 10.2 Å². The van der Waals surface area contributed by atoms with E-state index in [1.165, 1.54) is 0 Å². The van der Waals surface area contributed by atoms with Gasteiger partial charge in [0, 0.05) is 17.7 Å². The zero-order chi connectivity index (χ0) is 11.8. The van der Waals surface area contributed by atoms with E-state index in [-0.39, 0.29) is 0 Å². The molecule has 1 aliphatic rings. The van der Waals surface area contributed by atoms with Gasteiger partial charge in [-0.1, -0.05) is 6.92 Å². The molecule has 1 aliphatic carbocycles. The number of nitrogens with zero attached hydrogens (tertiary/aromatic N) is 2. The Morgan fingerprint density at radius 3 is 2.94 bits per heavy atom. The minimum absolute atomic E-state index is 0.608. The van der Waals surface area contributed by atoms with Crippen molar-refractivity contribution in [2.45, 2.75) is 32.6 Å². The van der Waals surface area contributed by atoms with Gasteiger partial charge in [0.25, 0.3) is 0 Å². The first kappa shape index (κ1) is 10.3. The van der Waals surface area contributed by atoms with Crippen LogP contribution in [0, 0.1) is 0 Å². The molecule has 0 fully saturated rings. The molecular formula is C13H15N3O. The average molecular weight is 229 g/mol. The van der Waals surface area contributed by atoms with E-state index in [2.05, 4.69) is 16.9 Å². The second-order valence-electron chi connectivity index (χ2n) is 4.33. The Hall–Kier alpha value is -1.84. The van der Waals surface area contributed by atoms with Gasteiger partial charge in [-0.05, 0) is 31.4 Å². The summed E-state index contributed by atoms with van der Waals surface area (Å²) in [5, 5.41) is 0. The third kappa shape index (κ3) is 1.69. The smallest absolute Gasteiger partial charge is 0.197 e. The first-order valence-corrected chi connectivity index (χ1v) is 6.02. The molecule has 3 rings (SSSR count). The van der Waals surface area contributed by atoms with Crippen LogP contribution in [0.1, 0.15) is 30.4 Å². The van der Waals surface area contributed by atoms with Gasteiger partial charge in [0.15, 0.2) is 11.6 Å². The molecule has 0 spiro atoms. The van der Waals surface area contributed by atoms with Crippen LogP contribution in [0.3, 0.4) is 0 Å². The maximum absolute atomic E-state index is 5.96. The summed E-state index contributed by atoms with van der Waals surface area (Å²) in [7, 11) is 0. The molecule has 0 saturated heterocycles. The van der Waals surface area contributed by atoms with Crippen molar-refractivity contribution in [3.05, 3.63) is 29.2 Å². The Bertz CT molecular complexity index is 560. The van der Waals surface area contributed by atoms with Crippen molar-refractivity contribution in [2.24, 2.45) is 0 Å². The predicted molar refractivity (Wildman–Crippen MR) is 65.5 cm³/mol. The van der Waals surface area contributed by atoms with Crippen molar-refractivity contribution in [3.63, 3.8) is 0 Å². The normalized spacial score (nSPS) is 13.9. The molecule has 0 aliphatic heterocycles. The van der Waals surface area contributed by atoms with Crippen molar-refractivity contribution in [1.82, 2.24) is 9.97 Å². The molecule has 0 radical (unpaired) electrons. The molecule has 17 heavy (non-hydrogen) atoms. The van der Waals surface area contributed by atoms with Gasteiger partial charge in [-0.25, -0.2) is 9.97 Å². The first-order valence-electron chi connectivity index (χ1n) is 6.02. The second-order valence-corrected chi connectivity index (χ2v) is 4.33. The molecule has 0 unspecified atom stereocenters. The van der Waals surface area contributed by atoms with Gasteiger partial charge in [0.1, 0.15) is 11.6 Å². The minimum Gasteiger partial charge on any atom is -0.458 e. The van der Waals surface area contributed by atoms with Gasteiger partial charge in [0.05, 0.1) is 0 Å². The maximum atomic E-state index is 5.96. The molecule has 0 bridgehead atoms. The van der Waals surface area contributed by atoms with Gasteiger partial charge >= 0.3 is 0 Å². The lowest BCUT2D eigenvalue weighted by Gasteiger charge is -2.04. The van der Waals surface area contributed by atoms with Crippen molar-refractivity contribution >= 4 is 5.82 Å². The molecule has 2 aromatic rings. The number of rotatable bonds is 2. The third-order valence-corrected chi connectivity index (χ3v) is 3.20. The third-order valence-electron chi connectivity index (χ3n) is 3.20. The number of anilines is 1. The molecule has 2 heterocycles. The van der Waals surface area contributed by atoms with Crippen molar-refractivity contribution < 1.29 is 4.42 Å². The monoisotopic (exact) mass is 229 g/mol. The Morgan fingerprint density at radius 1 is 1.29 bits per heavy atom. The minimum atomic E-state index is 0.608.